The number of ether oxygens (including phenoxy) is 1. The predicted molar refractivity (Wildman–Crippen MR) is 103 cm³/mol. The average Bonchev–Trinajstić information content (AvgIpc) is 2.68. The third-order valence-electron chi connectivity index (χ3n) is 3.98. The molecule has 138 valence electrons. The molecule has 1 aromatic carbocycles. The highest BCUT2D eigenvalue weighted by molar-refractivity contribution is 6.31. The summed E-state index contributed by atoms with van der Waals surface area (Å²) < 4.78 is 7.15. The Kier molecular flexibility index (Phi) is 5.88. The molecular formula is C20H18ClN3O3. The van der Waals surface area contributed by atoms with Crippen LogP contribution in [-0.4, -0.2) is 15.5 Å². The first-order valence-corrected chi connectivity index (χ1v) is 8.66. The maximum absolute atomic E-state index is 12.4. The molecule has 3 aromatic rings. The maximum atomic E-state index is 12.4. The molecule has 0 atom stereocenters. The summed E-state index contributed by atoms with van der Waals surface area (Å²) in [6.45, 7) is 0.517. The van der Waals surface area contributed by atoms with Crippen molar-refractivity contribution in [1.82, 2.24) is 14.9 Å². The van der Waals surface area contributed by atoms with Gasteiger partial charge in [-0.15, -0.1) is 0 Å². The molecule has 2 aromatic heterocycles. The van der Waals surface area contributed by atoms with E-state index in [2.05, 4.69) is 10.3 Å². The van der Waals surface area contributed by atoms with E-state index < -0.39 is 0 Å². The van der Waals surface area contributed by atoms with Crippen LogP contribution in [0, 0.1) is 0 Å². The van der Waals surface area contributed by atoms with Crippen LogP contribution in [0.25, 0.3) is 0 Å². The first kappa shape index (κ1) is 18.7. The Labute approximate surface area is 161 Å². The van der Waals surface area contributed by atoms with Crippen molar-refractivity contribution < 1.29 is 9.53 Å². The molecule has 0 spiro atoms. The van der Waals surface area contributed by atoms with Gasteiger partial charge >= 0.3 is 0 Å². The van der Waals surface area contributed by atoms with Gasteiger partial charge in [0.15, 0.2) is 5.75 Å². The molecule has 3 rings (SSSR count). The number of pyridine rings is 2. The number of nitrogens with zero attached hydrogens (tertiary/aromatic N) is 2. The smallest absolute Gasteiger partial charge is 0.268 e. The lowest BCUT2D eigenvalue weighted by atomic mass is 10.2. The van der Waals surface area contributed by atoms with Crippen LogP contribution in [0.1, 0.15) is 21.6 Å². The van der Waals surface area contributed by atoms with Gasteiger partial charge in [0.05, 0.1) is 6.20 Å². The van der Waals surface area contributed by atoms with E-state index in [-0.39, 0.29) is 29.4 Å². The highest BCUT2D eigenvalue weighted by Gasteiger charge is 2.13. The zero-order chi connectivity index (χ0) is 19.2. The van der Waals surface area contributed by atoms with Crippen molar-refractivity contribution >= 4 is 17.5 Å². The number of hydrogen-bond donors (Lipinski definition) is 1. The van der Waals surface area contributed by atoms with E-state index in [0.717, 1.165) is 11.1 Å². The molecule has 1 N–H and O–H groups in total. The lowest BCUT2D eigenvalue weighted by Crippen LogP contribution is -2.27. The number of carbonyl (C=O) groups is 1. The van der Waals surface area contributed by atoms with Crippen LogP contribution in [0.5, 0.6) is 5.75 Å². The van der Waals surface area contributed by atoms with Gasteiger partial charge < -0.3 is 14.6 Å². The number of hydrogen-bond acceptors (Lipinski definition) is 4. The predicted octanol–water partition coefficient (Wildman–Crippen LogP) is 2.94. The van der Waals surface area contributed by atoms with Crippen LogP contribution < -0.4 is 15.5 Å². The number of halogens is 1. The Hall–Kier alpha value is -3.12. The SMILES string of the molecule is Cn1cc(OCc2ccccc2Cl)c(=O)cc1C(=O)NCc1ccncc1. The van der Waals surface area contributed by atoms with E-state index in [1.165, 1.54) is 12.3 Å². The fourth-order valence-corrected chi connectivity index (χ4v) is 2.68. The highest BCUT2D eigenvalue weighted by Crippen LogP contribution is 2.17. The zero-order valence-corrected chi connectivity index (χ0v) is 15.4. The van der Waals surface area contributed by atoms with Crippen molar-refractivity contribution in [3.8, 4) is 5.75 Å². The van der Waals surface area contributed by atoms with Crippen molar-refractivity contribution in [1.29, 1.82) is 0 Å². The van der Waals surface area contributed by atoms with E-state index in [1.54, 1.807) is 30.1 Å². The van der Waals surface area contributed by atoms with Gasteiger partial charge in [-0.1, -0.05) is 29.8 Å². The molecule has 0 bridgehead atoms. The zero-order valence-electron chi connectivity index (χ0n) is 14.7. The Morgan fingerprint density at radius 1 is 1.22 bits per heavy atom. The van der Waals surface area contributed by atoms with E-state index in [9.17, 15) is 9.59 Å². The molecule has 0 aliphatic rings. The number of amides is 1. The van der Waals surface area contributed by atoms with E-state index in [0.29, 0.717) is 11.6 Å². The van der Waals surface area contributed by atoms with Gasteiger partial charge in [-0.25, -0.2) is 0 Å². The molecule has 0 fully saturated rings. The van der Waals surface area contributed by atoms with Gasteiger partial charge in [0.25, 0.3) is 5.91 Å². The third kappa shape index (κ3) is 4.74. The topological polar surface area (TPSA) is 73.2 Å². The van der Waals surface area contributed by atoms with E-state index >= 15 is 0 Å². The Balaban J connectivity index is 1.69. The molecule has 0 aliphatic carbocycles. The van der Waals surface area contributed by atoms with Crippen molar-refractivity contribution in [2.75, 3.05) is 0 Å². The lowest BCUT2D eigenvalue weighted by Gasteiger charge is -2.12. The minimum Gasteiger partial charge on any atom is -0.483 e. The molecule has 0 unspecified atom stereocenters. The first-order chi connectivity index (χ1) is 13.0. The standard InChI is InChI=1S/C20H18ClN3O3/c1-24-12-19(27-13-15-4-2-3-5-16(15)21)18(25)10-17(24)20(26)23-11-14-6-8-22-9-7-14/h2-10,12H,11,13H2,1H3,(H,23,26). The molecule has 6 nitrogen and oxygen atoms in total. The van der Waals surface area contributed by atoms with Crippen LogP contribution in [0.4, 0.5) is 0 Å². The minimum absolute atomic E-state index is 0.156. The number of rotatable bonds is 6. The molecule has 27 heavy (non-hydrogen) atoms. The largest absolute Gasteiger partial charge is 0.483 e. The van der Waals surface area contributed by atoms with Crippen molar-refractivity contribution in [2.24, 2.45) is 7.05 Å². The molecule has 0 aliphatic heterocycles. The quantitative estimate of drug-likeness (QED) is 0.710. The highest BCUT2D eigenvalue weighted by atomic mass is 35.5. The fourth-order valence-electron chi connectivity index (χ4n) is 2.48. The van der Waals surface area contributed by atoms with Crippen LogP contribution in [-0.2, 0) is 20.2 Å². The number of aromatic nitrogens is 2. The van der Waals surface area contributed by atoms with Crippen molar-refractivity contribution in [2.45, 2.75) is 13.2 Å². The van der Waals surface area contributed by atoms with E-state index in [1.807, 2.05) is 30.3 Å². The average molecular weight is 384 g/mol. The summed E-state index contributed by atoms with van der Waals surface area (Å²) in [4.78, 5) is 28.6. The first-order valence-electron chi connectivity index (χ1n) is 8.28. The van der Waals surface area contributed by atoms with Gasteiger partial charge in [-0.3, -0.25) is 14.6 Å². The van der Waals surface area contributed by atoms with Crippen LogP contribution in [0.2, 0.25) is 5.02 Å². The van der Waals surface area contributed by atoms with Crippen LogP contribution in [0.3, 0.4) is 0 Å². The summed E-state index contributed by atoms with van der Waals surface area (Å²) in [7, 11) is 1.68. The number of carbonyl (C=O) groups excluding carboxylic acids is 1. The van der Waals surface area contributed by atoms with Gasteiger partial charge in [0.2, 0.25) is 5.43 Å². The second-order valence-corrected chi connectivity index (χ2v) is 6.32. The molecule has 0 saturated heterocycles. The summed E-state index contributed by atoms with van der Waals surface area (Å²) >= 11 is 6.09. The summed E-state index contributed by atoms with van der Waals surface area (Å²) in [5.41, 5.74) is 1.58. The maximum Gasteiger partial charge on any atom is 0.268 e. The van der Waals surface area contributed by atoms with Gasteiger partial charge in [0.1, 0.15) is 12.3 Å². The molecule has 0 radical (unpaired) electrons. The number of aryl methyl sites for hydroxylation is 1. The summed E-state index contributed by atoms with van der Waals surface area (Å²) in [6, 6.07) is 12.1. The van der Waals surface area contributed by atoms with Crippen LogP contribution >= 0.6 is 11.6 Å². The summed E-state index contributed by atoms with van der Waals surface area (Å²) in [5, 5.41) is 3.35. The Morgan fingerprint density at radius 2 is 1.96 bits per heavy atom. The molecular weight excluding hydrogens is 366 g/mol. The molecule has 7 heteroatoms. The Morgan fingerprint density at radius 3 is 2.70 bits per heavy atom. The number of nitrogens with one attached hydrogen (secondary N) is 1. The second kappa shape index (κ2) is 8.51. The molecule has 1 amide bonds. The molecule has 0 saturated carbocycles. The van der Waals surface area contributed by atoms with Crippen LogP contribution in [0.15, 0.2) is 65.8 Å². The fraction of sp³-hybridized carbons (Fsp3) is 0.150. The monoisotopic (exact) mass is 383 g/mol. The number of benzene rings is 1. The van der Waals surface area contributed by atoms with Gasteiger partial charge in [-0.05, 0) is 23.8 Å². The van der Waals surface area contributed by atoms with Gasteiger partial charge in [0, 0.05) is 42.6 Å². The second-order valence-electron chi connectivity index (χ2n) is 5.92. The van der Waals surface area contributed by atoms with Crippen molar-refractivity contribution in [3.63, 3.8) is 0 Å². The summed E-state index contributed by atoms with van der Waals surface area (Å²) in [5.74, 6) is -0.188. The van der Waals surface area contributed by atoms with E-state index in [4.69, 9.17) is 16.3 Å². The minimum atomic E-state index is -0.366. The normalized spacial score (nSPS) is 10.4. The summed E-state index contributed by atoms with van der Waals surface area (Å²) in [6.07, 6.45) is 4.81. The Bertz CT molecular complexity index is 1000. The lowest BCUT2D eigenvalue weighted by molar-refractivity contribution is 0.0941. The van der Waals surface area contributed by atoms with Crippen molar-refractivity contribution in [3.05, 3.63) is 93.1 Å². The third-order valence-corrected chi connectivity index (χ3v) is 4.35. The van der Waals surface area contributed by atoms with Gasteiger partial charge in [-0.2, -0.15) is 0 Å². The molecule has 2 heterocycles.